The lowest BCUT2D eigenvalue weighted by Gasteiger charge is -2.34. The minimum absolute atomic E-state index is 0.00585. The first kappa shape index (κ1) is 14.3. The molecule has 6 heteroatoms. The van der Waals surface area contributed by atoms with Crippen LogP contribution in [-0.2, 0) is 10.0 Å². The molecule has 0 spiro atoms. The number of primary sulfonamides is 1. The van der Waals surface area contributed by atoms with Crippen LogP contribution in [0.2, 0.25) is 0 Å². The highest BCUT2D eigenvalue weighted by Gasteiger charge is 2.19. The molecule has 0 aliphatic carbocycles. The van der Waals surface area contributed by atoms with Crippen molar-refractivity contribution in [3.63, 3.8) is 0 Å². The van der Waals surface area contributed by atoms with Crippen LogP contribution >= 0.6 is 0 Å². The predicted octanol–water partition coefficient (Wildman–Crippen LogP) is 0.534. The maximum absolute atomic E-state index is 10.8. The first-order valence-corrected chi connectivity index (χ1v) is 8.30. The lowest BCUT2D eigenvalue weighted by Crippen LogP contribution is -2.44. The zero-order chi connectivity index (χ0) is 13.7. The number of anilines is 1. The van der Waals surface area contributed by atoms with Gasteiger partial charge in [0.2, 0.25) is 10.0 Å². The van der Waals surface area contributed by atoms with E-state index in [0.717, 1.165) is 25.9 Å². The van der Waals surface area contributed by atoms with Crippen LogP contribution in [0.25, 0.3) is 0 Å². The Bertz CT molecular complexity index is 482. The van der Waals surface area contributed by atoms with Crippen molar-refractivity contribution in [2.45, 2.75) is 18.9 Å². The summed E-state index contributed by atoms with van der Waals surface area (Å²) in [5.41, 5.74) is 1.26. The summed E-state index contributed by atoms with van der Waals surface area (Å²) in [6.07, 6.45) is 2.05. The van der Waals surface area contributed by atoms with Crippen molar-refractivity contribution >= 4 is 15.7 Å². The zero-order valence-corrected chi connectivity index (χ0v) is 11.8. The summed E-state index contributed by atoms with van der Waals surface area (Å²) in [6, 6.07) is 10.7. The van der Waals surface area contributed by atoms with Gasteiger partial charge < -0.3 is 10.2 Å². The van der Waals surface area contributed by atoms with Gasteiger partial charge in [0.25, 0.3) is 0 Å². The van der Waals surface area contributed by atoms with Crippen LogP contribution in [-0.4, -0.2) is 39.8 Å². The van der Waals surface area contributed by atoms with Crippen molar-refractivity contribution in [1.82, 2.24) is 5.32 Å². The Kier molecular flexibility index (Phi) is 4.79. The molecule has 1 aromatic carbocycles. The number of sulfonamides is 1. The average molecular weight is 283 g/mol. The van der Waals surface area contributed by atoms with Crippen molar-refractivity contribution in [2.75, 3.05) is 30.3 Å². The Morgan fingerprint density at radius 3 is 2.42 bits per heavy atom. The summed E-state index contributed by atoms with van der Waals surface area (Å²) in [7, 11) is -3.35. The normalized spacial score (nSPS) is 17.6. The number of nitrogens with two attached hydrogens (primary N) is 1. The maximum atomic E-state index is 10.8. The van der Waals surface area contributed by atoms with Crippen molar-refractivity contribution in [3.05, 3.63) is 30.3 Å². The molecular formula is C13H21N3O2S. The smallest absolute Gasteiger partial charge is 0.210 e. The fourth-order valence-corrected chi connectivity index (χ4v) is 2.79. The van der Waals surface area contributed by atoms with E-state index in [4.69, 9.17) is 5.14 Å². The van der Waals surface area contributed by atoms with E-state index in [-0.39, 0.29) is 5.75 Å². The second-order valence-electron chi connectivity index (χ2n) is 4.92. The lowest BCUT2D eigenvalue weighted by molar-refractivity contribution is 0.423. The average Bonchev–Trinajstić information content (AvgIpc) is 2.39. The zero-order valence-electron chi connectivity index (χ0n) is 11.0. The van der Waals surface area contributed by atoms with Gasteiger partial charge in [0, 0.05) is 31.4 Å². The van der Waals surface area contributed by atoms with E-state index in [2.05, 4.69) is 22.3 Å². The SMILES string of the molecule is NS(=O)(=O)CCNC1CCN(c2ccccc2)CC1. The minimum atomic E-state index is -3.35. The van der Waals surface area contributed by atoms with Crippen LogP contribution < -0.4 is 15.4 Å². The first-order chi connectivity index (χ1) is 9.04. The largest absolute Gasteiger partial charge is 0.371 e. The first-order valence-electron chi connectivity index (χ1n) is 6.58. The van der Waals surface area contributed by atoms with Gasteiger partial charge in [-0.1, -0.05) is 18.2 Å². The van der Waals surface area contributed by atoms with Gasteiger partial charge >= 0.3 is 0 Å². The minimum Gasteiger partial charge on any atom is -0.371 e. The molecule has 0 bridgehead atoms. The molecule has 0 saturated carbocycles. The Hall–Kier alpha value is -1.11. The number of hydrogen-bond donors (Lipinski definition) is 2. The van der Waals surface area contributed by atoms with Gasteiger partial charge in [-0.25, -0.2) is 13.6 Å². The molecule has 106 valence electrons. The maximum Gasteiger partial charge on any atom is 0.210 e. The van der Waals surface area contributed by atoms with E-state index in [0.29, 0.717) is 12.6 Å². The molecule has 5 nitrogen and oxygen atoms in total. The molecule has 0 radical (unpaired) electrons. The number of benzene rings is 1. The molecule has 0 atom stereocenters. The number of para-hydroxylation sites is 1. The van der Waals surface area contributed by atoms with Crippen molar-refractivity contribution in [2.24, 2.45) is 5.14 Å². The third-order valence-corrected chi connectivity index (χ3v) is 4.21. The van der Waals surface area contributed by atoms with Crippen LogP contribution in [0, 0.1) is 0 Å². The number of piperidine rings is 1. The number of hydrogen-bond acceptors (Lipinski definition) is 4. The van der Waals surface area contributed by atoms with Crippen LogP contribution in [0.5, 0.6) is 0 Å². The molecule has 1 aliphatic rings. The fourth-order valence-electron chi connectivity index (χ4n) is 2.39. The number of nitrogens with zero attached hydrogens (tertiary/aromatic N) is 1. The highest BCUT2D eigenvalue weighted by atomic mass is 32.2. The van der Waals surface area contributed by atoms with Crippen LogP contribution in [0.3, 0.4) is 0 Å². The highest BCUT2D eigenvalue weighted by Crippen LogP contribution is 2.19. The van der Waals surface area contributed by atoms with E-state index in [1.165, 1.54) is 5.69 Å². The standard InChI is InChI=1S/C13H21N3O2S/c14-19(17,18)11-8-15-12-6-9-16(10-7-12)13-4-2-1-3-5-13/h1-5,12,15H,6-11H2,(H2,14,17,18). The quantitative estimate of drug-likeness (QED) is 0.827. The number of nitrogens with one attached hydrogen (secondary N) is 1. The fraction of sp³-hybridized carbons (Fsp3) is 0.538. The van der Waals surface area contributed by atoms with Crippen molar-refractivity contribution in [1.29, 1.82) is 0 Å². The second kappa shape index (κ2) is 6.36. The second-order valence-corrected chi connectivity index (χ2v) is 6.65. The van der Waals surface area contributed by atoms with Crippen LogP contribution in [0.1, 0.15) is 12.8 Å². The Balaban J connectivity index is 1.74. The lowest BCUT2D eigenvalue weighted by atomic mass is 10.0. The predicted molar refractivity (Wildman–Crippen MR) is 77.7 cm³/mol. The van der Waals surface area contributed by atoms with Gasteiger partial charge in [0.05, 0.1) is 5.75 Å². The molecular weight excluding hydrogens is 262 g/mol. The summed E-state index contributed by atoms with van der Waals surface area (Å²) in [5.74, 6) is 0.00585. The monoisotopic (exact) mass is 283 g/mol. The van der Waals surface area contributed by atoms with Gasteiger partial charge in [-0.2, -0.15) is 0 Å². The molecule has 0 aromatic heterocycles. The van der Waals surface area contributed by atoms with Gasteiger partial charge in [0.1, 0.15) is 0 Å². The van der Waals surface area contributed by atoms with Crippen LogP contribution in [0.15, 0.2) is 30.3 Å². The van der Waals surface area contributed by atoms with E-state index >= 15 is 0 Å². The topological polar surface area (TPSA) is 75.4 Å². The van der Waals surface area contributed by atoms with Gasteiger partial charge in [-0.15, -0.1) is 0 Å². The van der Waals surface area contributed by atoms with E-state index in [1.807, 2.05) is 18.2 Å². The summed E-state index contributed by atoms with van der Waals surface area (Å²) in [6.45, 7) is 2.43. The molecule has 1 fully saturated rings. The summed E-state index contributed by atoms with van der Waals surface area (Å²) >= 11 is 0. The Labute approximate surface area is 114 Å². The van der Waals surface area contributed by atoms with E-state index in [1.54, 1.807) is 0 Å². The summed E-state index contributed by atoms with van der Waals surface area (Å²) in [5, 5.41) is 8.24. The molecule has 1 aliphatic heterocycles. The van der Waals surface area contributed by atoms with E-state index in [9.17, 15) is 8.42 Å². The molecule has 1 saturated heterocycles. The Morgan fingerprint density at radius 2 is 1.84 bits per heavy atom. The molecule has 1 aromatic rings. The molecule has 0 amide bonds. The third-order valence-electron chi connectivity index (χ3n) is 3.44. The van der Waals surface area contributed by atoms with E-state index < -0.39 is 10.0 Å². The highest BCUT2D eigenvalue weighted by molar-refractivity contribution is 7.89. The molecule has 0 unspecified atom stereocenters. The molecule has 19 heavy (non-hydrogen) atoms. The molecule has 3 N–H and O–H groups in total. The molecule has 2 rings (SSSR count). The summed E-state index contributed by atoms with van der Waals surface area (Å²) in [4.78, 5) is 2.36. The third kappa shape index (κ3) is 4.81. The Morgan fingerprint density at radius 1 is 1.21 bits per heavy atom. The van der Waals surface area contributed by atoms with Crippen molar-refractivity contribution < 1.29 is 8.42 Å². The van der Waals surface area contributed by atoms with Gasteiger partial charge in [-0.3, -0.25) is 0 Å². The number of rotatable bonds is 5. The van der Waals surface area contributed by atoms with Crippen molar-refractivity contribution in [3.8, 4) is 0 Å². The molecule has 1 heterocycles. The van der Waals surface area contributed by atoms with Gasteiger partial charge in [0.15, 0.2) is 0 Å². The summed E-state index contributed by atoms with van der Waals surface area (Å²) < 4.78 is 21.7. The van der Waals surface area contributed by atoms with Crippen LogP contribution in [0.4, 0.5) is 5.69 Å². The van der Waals surface area contributed by atoms with Gasteiger partial charge in [-0.05, 0) is 25.0 Å².